The summed E-state index contributed by atoms with van der Waals surface area (Å²) in [5.74, 6) is -0.227. The first-order valence-electron chi connectivity index (χ1n) is 7.41. The van der Waals surface area contributed by atoms with Crippen LogP contribution >= 0.6 is 0 Å². The zero-order valence-corrected chi connectivity index (χ0v) is 12.6. The van der Waals surface area contributed by atoms with Gasteiger partial charge in [0.25, 0.3) is 0 Å². The normalized spacial score (nSPS) is 16.8. The predicted octanol–water partition coefficient (Wildman–Crippen LogP) is 2.91. The number of aryl methyl sites for hydroxylation is 1. The summed E-state index contributed by atoms with van der Waals surface area (Å²) >= 11 is 0. The molecule has 0 heterocycles. The number of ether oxygens (including phenoxy) is 1. The maximum Gasteiger partial charge on any atom is 0.387 e. The SMILES string of the molecule is Cc1ccc(OC(F)F)c(CNC(=O)CC2(O)CCCC2)c1. The molecular weight excluding hydrogens is 292 g/mol. The highest BCUT2D eigenvalue weighted by atomic mass is 19.3. The van der Waals surface area contributed by atoms with E-state index in [9.17, 15) is 18.7 Å². The number of hydrogen-bond acceptors (Lipinski definition) is 3. The van der Waals surface area contributed by atoms with E-state index in [1.165, 1.54) is 6.07 Å². The average Bonchev–Trinajstić information content (AvgIpc) is 2.85. The Morgan fingerprint density at radius 2 is 2.09 bits per heavy atom. The molecule has 1 aliphatic carbocycles. The van der Waals surface area contributed by atoms with Crippen LogP contribution in [-0.2, 0) is 11.3 Å². The summed E-state index contributed by atoms with van der Waals surface area (Å²) in [6.07, 6.45) is 3.15. The molecule has 0 atom stereocenters. The second-order valence-electron chi connectivity index (χ2n) is 5.87. The Labute approximate surface area is 128 Å². The summed E-state index contributed by atoms with van der Waals surface area (Å²) in [5, 5.41) is 12.9. The van der Waals surface area contributed by atoms with Gasteiger partial charge in [-0.25, -0.2) is 0 Å². The fourth-order valence-electron chi connectivity index (χ4n) is 2.82. The first-order valence-corrected chi connectivity index (χ1v) is 7.41. The zero-order valence-electron chi connectivity index (χ0n) is 12.6. The number of hydrogen-bond donors (Lipinski definition) is 2. The van der Waals surface area contributed by atoms with Crippen molar-refractivity contribution in [2.75, 3.05) is 0 Å². The third kappa shape index (κ3) is 4.66. The van der Waals surface area contributed by atoms with Crippen LogP contribution in [0, 0.1) is 6.92 Å². The van der Waals surface area contributed by atoms with Gasteiger partial charge in [-0.15, -0.1) is 0 Å². The number of alkyl halides is 2. The second-order valence-corrected chi connectivity index (χ2v) is 5.87. The lowest BCUT2D eigenvalue weighted by Gasteiger charge is -2.21. The summed E-state index contributed by atoms with van der Waals surface area (Å²) in [6.45, 7) is -0.978. The van der Waals surface area contributed by atoms with Gasteiger partial charge in [-0.05, 0) is 25.8 Å². The number of halogens is 2. The van der Waals surface area contributed by atoms with E-state index in [4.69, 9.17) is 0 Å². The molecule has 2 N–H and O–H groups in total. The van der Waals surface area contributed by atoms with E-state index in [0.29, 0.717) is 18.4 Å². The Morgan fingerprint density at radius 1 is 1.41 bits per heavy atom. The van der Waals surface area contributed by atoms with E-state index >= 15 is 0 Å². The van der Waals surface area contributed by atoms with E-state index in [0.717, 1.165) is 18.4 Å². The fourth-order valence-corrected chi connectivity index (χ4v) is 2.82. The van der Waals surface area contributed by atoms with Crippen molar-refractivity contribution in [3.05, 3.63) is 29.3 Å². The van der Waals surface area contributed by atoms with Crippen LogP contribution in [0.2, 0.25) is 0 Å². The predicted molar refractivity (Wildman–Crippen MR) is 77.7 cm³/mol. The standard InChI is InChI=1S/C16H21F2NO3/c1-11-4-5-13(22-15(17)18)12(8-11)10-19-14(20)9-16(21)6-2-3-7-16/h4-5,8,15,21H,2-3,6-7,9-10H2,1H3,(H,19,20). The number of nitrogens with one attached hydrogen (secondary N) is 1. The highest BCUT2D eigenvalue weighted by molar-refractivity contribution is 5.77. The first kappa shape index (κ1) is 16.7. The van der Waals surface area contributed by atoms with Crippen molar-refractivity contribution >= 4 is 5.91 Å². The van der Waals surface area contributed by atoms with Gasteiger partial charge in [0.1, 0.15) is 5.75 Å². The molecule has 0 spiro atoms. The molecule has 0 aromatic heterocycles. The van der Waals surface area contributed by atoms with Crippen molar-refractivity contribution < 1.29 is 23.4 Å². The number of carbonyl (C=O) groups is 1. The number of amides is 1. The molecule has 1 amide bonds. The van der Waals surface area contributed by atoms with E-state index in [1.54, 1.807) is 12.1 Å². The summed E-state index contributed by atoms with van der Waals surface area (Å²) in [4.78, 5) is 11.9. The fraction of sp³-hybridized carbons (Fsp3) is 0.562. The molecule has 0 unspecified atom stereocenters. The van der Waals surface area contributed by atoms with Crippen molar-refractivity contribution in [2.45, 2.75) is 57.8 Å². The number of benzene rings is 1. The lowest BCUT2D eigenvalue weighted by Crippen LogP contribution is -2.34. The smallest absolute Gasteiger partial charge is 0.387 e. The molecular formula is C16H21F2NO3. The molecule has 1 aromatic rings. The largest absolute Gasteiger partial charge is 0.434 e. The average molecular weight is 313 g/mol. The van der Waals surface area contributed by atoms with Crippen LogP contribution in [0.15, 0.2) is 18.2 Å². The van der Waals surface area contributed by atoms with Crippen LogP contribution < -0.4 is 10.1 Å². The molecule has 0 aliphatic heterocycles. The van der Waals surface area contributed by atoms with E-state index in [-0.39, 0.29) is 24.6 Å². The molecule has 22 heavy (non-hydrogen) atoms. The molecule has 1 aromatic carbocycles. The zero-order chi connectivity index (χ0) is 16.2. The van der Waals surface area contributed by atoms with E-state index in [1.807, 2.05) is 6.92 Å². The summed E-state index contributed by atoms with van der Waals surface area (Å²) in [7, 11) is 0. The molecule has 0 saturated heterocycles. The maximum atomic E-state index is 12.4. The minimum absolute atomic E-state index is 0.0455. The Balaban J connectivity index is 1.95. The molecule has 1 fully saturated rings. The lowest BCUT2D eigenvalue weighted by atomic mass is 9.97. The van der Waals surface area contributed by atoms with Crippen LogP contribution in [-0.4, -0.2) is 23.2 Å². The highest BCUT2D eigenvalue weighted by Gasteiger charge is 2.33. The number of carbonyl (C=O) groups excluding carboxylic acids is 1. The quantitative estimate of drug-likeness (QED) is 0.849. The van der Waals surface area contributed by atoms with Gasteiger partial charge in [0, 0.05) is 12.1 Å². The summed E-state index contributed by atoms with van der Waals surface area (Å²) in [5.41, 5.74) is 0.464. The molecule has 1 aliphatic rings. The van der Waals surface area contributed by atoms with Gasteiger partial charge in [-0.2, -0.15) is 8.78 Å². The molecule has 6 heteroatoms. The van der Waals surface area contributed by atoms with E-state index < -0.39 is 12.2 Å². The van der Waals surface area contributed by atoms with Gasteiger partial charge in [-0.1, -0.05) is 30.5 Å². The Hall–Kier alpha value is -1.69. The van der Waals surface area contributed by atoms with Crippen LogP contribution in [0.3, 0.4) is 0 Å². The van der Waals surface area contributed by atoms with Gasteiger partial charge < -0.3 is 15.2 Å². The summed E-state index contributed by atoms with van der Waals surface area (Å²) in [6, 6.07) is 4.83. The van der Waals surface area contributed by atoms with Crippen LogP contribution in [0.1, 0.15) is 43.2 Å². The van der Waals surface area contributed by atoms with Gasteiger partial charge in [-0.3, -0.25) is 4.79 Å². The van der Waals surface area contributed by atoms with Gasteiger partial charge in [0.05, 0.1) is 12.0 Å². The van der Waals surface area contributed by atoms with Crippen molar-refractivity contribution in [1.82, 2.24) is 5.32 Å². The minimum atomic E-state index is -2.91. The van der Waals surface area contributed by atoms with Crippen LogP contribution in [0.5, 0.6) is 5.75 Å². The van der Waals surface area contributed by atoms with Gasteiger partial charge in [0.2, 0.25) is 5.91 Å². The van der Waals surface area contributed by atoms with Gasteiger partial charge >= 0.3 is 6.61 Å². The molecule has 0 radical (unpaired) electrons. The van der Waals surface area contributed by atoms with Crippen molar-refractivity contribution in [1.29, 1.82) is 0 Å². The Bertz CT molecular complexity index is 528. The number of rotatable bonds is 6. The number of aliphatic hydroxyl groups is 1. The second kappa shape index (κ2) is 7.05. The minimum Gasteiger partial charge on any atom is -0.434 e. The van der Waals surface area contributed by atoms with Crippen LogP contribution in [0.25, 0.3) is 0 Å². The molecule has 122 valence electrons. The lowest BCUT2D eigenvalue weighted by molar-refractivity contribution is -0.126. The highest BCUT2D eigenvalue weighted by Crippen LogP contribution is 2.32. The maximum absolute atomic E-state index is 12.4. The third-order valence-electron chi connectivity index (χ3n) is 3.93. The topological polar surface area (TPSA) is 58.6 Å². The molecule has 2 rings (SSSR count). The first-order chi connectivity index (χ1) is 10.4. The molecule has 4 nitrogen and oxygen atoms in total. The Morgan fingerprint density at radius 3 is 2.73 bits per heavy atom. The van der Waals surface area contributed by atoms with Crippen molar-refractivity contribution in [2.24, 2.45) is 0 Å². The molecule has 0 bridgehead atoms. The Kier molecular flexibility index (Phi) is 5.34. The van der Waals surface area contributed by atoms with Crippen LogP contribution in [0.4, 0.5) is 8.78 Å². The van der Waals surface area contributed by atoms with Gasteiger partial charge in [0.15, 0.2) is 0 Å². The summed E-state index contributed by atoms with van der Waals surface area (Å²) < 4.78 is 29.2. The third-order valence-corrected chi connectivity index (χ3v) is 3.93. The van der Waals surface area contributed by atoms with Crippen molar-refractivity contribution in [3.8, 4) is 5.75 Å². The van der Waals surface area contributed by atoms with E-state index in [2.05, 4.69) is 10.1 Å². The van der Waals surface area contributed by atoms with Crippen molar-refractivity contribution in [3.63, 3.8) is 0 Å². The monoisotopic (exact) mass is 313 g/mol. The molecule has 1 saturated carbocycles.